The molecule has 15 heavy (non-hydrogen) atoms. The molecule has 0 saturated heterocycles. The number of H-pyrrole nitrogens is 1. The Kier molecular flexibility index (Phi) is 2.96. The smallest absolute Gasteiger partial charge is 0.110 e. The first-order valence-corrected chi connectivity index (χ1v) is 5.73. The summed E-state index contributed by atoms with van der Waals surface area (Å²) in [6, 6.07) is 5.75. The molecule has 1 aromatic carbocycles. The number of fused-ring (bicyclic) bond motifs is 1. The van der Waals surface area contributed by atoms with Gasteiger partial charge in [-0.15, -0.1) is 0 Å². The molecule has 3 heteroatoms. The van der Waals surface area contributed by atoms with E-state index in [0.29, 0.717) is 5.92 Å². The van der Waals surface area contributed by atoms with E-state index in [1.54, 1.807) is 0 Å². The minimum atomic E-state index is 0.487. The summed E-state index contributed by atoms with van der Waals surface area (Å²) < 4.78 is 0. The molecule has 0 radical (unpaired) electrons. The van der Waals surface area contributed by atoms with Crippen molar-refractivity contribution >= 4 is 22.6 Å². The summed E-state index contributed by atoms with van der Waals surface area (Å²) in [4.78, 5) is 7.88. The fraction of sp³-hybridized carbons (Fsp3) is 0.417. The summed E-state index contributed by atoms with van der Waals surface area (Å²) in [5.74, 6) is 1.55. The van der Waals surface area contributed by atoms with Gasteiger partial charge in [0.1, 0.15) is 5.82 Å². The van der Waals surface area contributed by atoms with Crippen molar-refractivity contribution in [3.8, 4) is 0 Å². The Balaban J connectivity index is 2.38. The highest BCUT2D eigenvalue weighted by Gasteiger charge is 2.09. The molecule has 0 spiro atoms. The highest BCUT2D eigenvalue weighted by molar-refractivity contribution is 6.31. The Labute approximate surface area is 94.7 Å². The molecular formula is C12H15ClN2. The van der Waals surface area contributed by atoms with Gasteiger partial charge in [0, 0.05) is 10.9 Å². The van der Waals surface area contributed by atoms with Gasteiger partial charge in [-0.05, 0) is 24.6 Å². The van der Waals surface area contributed by atoms with Crippen molar-refractivity contribution in [1.29, 1.82) is 0 Å². The van der Waals surface area contributed by atoms with Crippen LogP contribution in [0.25, 0.3) is 11.0 Å². The third-order valence-electron chi connectivity index (χ3n) is 2.65. The van der Waals surface area contributed by atoms with Crippen molar-refractivity contribution in [3.05, 3.63) is 29.0 Å². The maximum atomic E-state index is 5.92. The molecule has 2 rings (SSSR count). The van der Waals surface area contributed by atoms with Crippen molar-refractivity contribution in [3.63, 3.8) is 0 Å². The van der Waals surface area contributed by atoms with E-state index in [1.165, 1.54) is 6.42 Å². The van der Waals surface area contributed by atoms with Gasteiger partial charge in [0.2, 0.25) is 0 Å². The van der Waals surface area contributed by atoms with Crippen LogP contribution >= 0.6 is 11.6 Å². The summed E-state index contributed by atoms with van der Waals surface area (Å²) >= 11 is 5.92. The van der Waals surface area contributed by atoms with Crippen LogP contribution in [0.15, 0.2) is 18.2 Å². The molecule has 1 heterocycles. The van der Waals surface area contributed by atoms with Crippen LogP contribution in [0.5, 0.6) is 0 Å². The Morgan fingerprint density at radius 1 is 1.47 bits per heavy atom. The summed E-state index contributed by atoms with van der Waals surface area (Å²) in [5, 5.41) is 0.751. The van der Waals surface area contributed by atoms with Crippen molar-refractivity contribution in [2.24, 2.45) is 0 Å². The minimum Gasteiger partial charge on any atom is -0.342 e. The van der Waals surface area contributed by atoms with Crippen molar-refractivity contribution < 1.29 is 0 Å². The van der Waals surface area contributed by atoms with Crippen molar-refractivity contribution in [2.75, 3.05) is 0 Å². The number of aromatic nitrogens is 2. The maximum absolute atomic E-state index is 5.92. The maximum Gasteiger partial charge on any atom is 0.110 e. The number of imidazole rings is 1. The number of aromatic amines is 1. The lowest BCUT2D eigenvalue weighted by atomic mass is 10.1. The van der Waals surface area contributed by atoms with Gasteiger partial charge in [0.05, 0.1) is 11.0 Å². The van der Waals surface area contributed by atoms with Crippen LogP contribution in [0.3, 0.4) is 0 Å². The third-order valence-corrected chi connectivity index (χ3v) is 2.89. The fourth-order valence-electron chi connectivity index (χ4n) is 1.80. The van der Waals surface area contributed by atoms with Crippen LogP contribution in [0, 0.1) is 0 Å². The summed E-state index contributed by atoms with van der Waals surface area (Å²) in [5.41, 5.74) is 2.03. The standard InChI is InChI=1S/C12H15ClN2/c1-3-4-8(2)12-14-10-6-5-9(13)7-11(10)15-12/h5-8H,3-4H2,1-2H3,(H,14,15). The molecule has 0 aliphatic rings. The summed E-state index contributed by atoms with van der Waals surface area (Å²) in [7, 11) is 0. The van der Waals surface area contributed by atoms with Gasteiger partial charge in [-0.3, -0.25) is 0 Å². The number of halogens is 1. The first kappa shape index (κ1) is 10.5. The number of benzene rings is 1. The van der Waals surface area contributed by atoms with Crippen LogP contribution in [-0.4, -0.2) is 9.97 Å². The Hall–Kier alpha value is -1.02. The average molecular weight is 223 g/mol. The fourth-order valence-corrected chi connectivity index (χ4v) is 1.98. The number of hydrogen-bond acceptors (Lipinski definition) is 1. The first-order chi connectivity index (χ1) is 7.20. The Morgan fingerprint density at radius 2 is 2.27 bits per heavy atom. The van der Waals surface area contributed by atoms with E-state index in [9.17, 15) is 0 Å². The first-order valence-electron chi connectivity index (χ1n) is 5.36. The lowest BCUT2D eigenvalue weighted by Gasteiger charge is -2.04. The van der Waals surface area contributed by atoms with Crippen LogP contribution in [-0.2, 0) is 0 Å². The van der Waals surface area contributed by atoms with Gasteiger partial charge in [0.25, 0.3) is 0 Å². The molecule has 0 saturated carbocycles. The van der Waals surface area contributed by atoms with E-state index in [2.05, 4.69) is 23.8 Å². The predicted octanol–water partition coefficient (Wildman–Crippen LogP) is 4.12. The summed E-state index contributed by atoms with van der Waals surface area (Å²) in [6.45, 7) is 4.39. The van der Waals surface area contributed by atoms with Gasteiger partial charge < -0.3 is 4.98 Å². The van der Waals surface area contributed by atoms with Gasteiger partial charge >= 0.3 is 0 Å². The number of nitrogens with zero attached hydrogens (tertiary/aromatic N) is 1. The largest absolute Gasteiger partial charge is 0.342 e. The molecule has 0 aliphatic carbocycles. The monoisotopic (exact) mass is 222 g/mol. The molecule has 80 valence electrons. The second-order valence-electron chi connectivity index (χ2n) is 3.97. The van der Waals surface area contributed by atoms with Gasteiger partial charge in [0.15, 0.2) is 0 Å². The van der Waals surface area contributed by atoms with Crippen LogP contribution in [0.2, 0.25) is 5.02 Å². The van der Waals surface area contributed by atoms with Crippen LogP contribution < -0.4 is 0 Å². The SMILES string of the molecule is CCCC(C)c1nc2ccc(Cl)cc2[nH]1. The minimum absolute atomic E-state index is 0.487. The Morgan fingerprint density at radius 3 is 3.00 bits per heavy atom. The molecule has 1 atom stereocenters. The van der Waals surface area contributed by atoms with E-state index in [4.69, 9.17) is 11.6 Å². The lowest BCUT2D eigenvalue weighted by Crippen LogP contribution is -1.94. The molecule has 2 aromatic rings. The van der Waals surface area contributed by atoms with Crippen molar-refractivity contribution in [1.82, 2.24) is 9.97 Å². The van der Waals surface area contributed by atoms with Gasteiger partial charge in [-0.2, -0.15) is 0 Å². The molecule has 0 bridgehead atoms. The highest BCUT2D eigenvalue weighted by atomic mass is 35.5. The predicted molar refractivity (Wildman–Crippen MR) is 64.4 cm³/mol. The molecule has 0 fully saturated rings. The van der Waals surface area contributed by atoms with E-state index in [0.717, 1.165) is 28.3 Å². The third kappa shape index (κ3) is 2.15. The van der Waals surface area contributed by atoms with Crippen LogP contribution in [0.1, 0.15) is 38.4 Å². The Bertz CT molecular complexity index is 462. The molecule has 1 aromatic heterocycles. The van der Waals surface area contributed by atoms with E-state index >= 15 is 0 Å². The zero-order valence-electron chi connectivity index (χ0n) is 9.05. The van der Waals surface area contributed by atoms with E-state index in [1.807, 2.05) is 18.2 Å². The van der Waals surface area contributed by atoms with Gasteiger partial charge in [-0.25, -0.2) is 4.98 Å². The molecule has 0 aliphatic heterocycles. The molecule has 1 unspecified atom stereocenters. The average Bonchev–Trinajstić information content (AvgIpc) is 2.60. The molecule has 1 N–H and O–H groups in total. The molecule has 2 nitrogen and oxygen atoms in total. The highest BCUT2D eigenvalue weighted by Crippen LogP contribution is 2.22. The quantitative estimate of drug-likeness (QED) is 0.832. The second kappa shape index (κ2) is 4.23. The van der Waals surface area contributed by atoms with E-state index < -0.39 is 0 Å². The van der Waals surface area contributed by atoms with Gasteiger partial charge in [-0.1, -0.05) is 31.9 Å². The topological polar surface area (TPSA) is 28.7 Å². The lowest BCUT2D eigenvalue weighted by molar-refractivity contribution is 0.636. The molecular weight excluding hydrogens is 208 g/mol. The zero-order chi connectivity index (χ0) is 10.8. The molecule has 0 amide bonds. The second-order valence-corrected chi connectivity index (χ2v) is 4.41. The van der Waals surface area contributed by atoms with Crippen molar-refractivity contribution in [2.45, 2.75) is 32.6 Å². The summed E-state index contributed by atoms with van der Waals surface area (Å²) in [6.07, 6.45) is 2.34. The normalized spacial score (nSPS) is 13.3. The number of rotatable bonds is 3. The van der Waals surface area contributed by atoms with E-state index in [-0.39, 0.29) is 0 Å². The number of nitrogens with one attached hydrogen (secondary N) is 1. The zero-order valence-corrected chi connectivity index (χ0v) is 9.80. The van der Waals surface area contributed by atoms with Crippen LogP contribution in [0.4, 0.5) is 0 Å². The number of hydrogen-bond donors (Lipinski definition) is 1.